The number of hydrogen-bond donors (Lipinski definition) is 1. The summed E-state index contributed by atoms with van der Waals surface area (Å²) >= 11 is 0. The van der Waals surface area contributed by atoms with E-state index in [2.05, 4.69) is 22.2 Å². The van der Waals surface area contributed by atoms with E-state index in [-0.39, 0.29) is 11.9 Å². The number of carbonyl (C=O) groups is 2. The molecule has 1 atom stereocenters. The molecule has 0 aromatic carbocycles. The summed E-state index contributed by atoms with van der Waals surface area (Å²) in [6.07, 6.45) is 3.31. The van der Waals surface area contributed by atoms with Crippen molar-refractivity contribution in [3.63, 3.8) is 0 Å². The molecule has 150 valence electrons. The molecule has 1 aromatic rings. The number of hydrogen-bond acceptors (Lipinski definition) is 4. The standard InChI is InChI=1S/C19H32N6O2/c1-15-6-4-7-23(12-15)14-18(26)20-11-16-10-17-13-24(19(27)22(2)3)8-5-9-25(17)21-16/h10,15H,4-9,11-14H2,1-3H3,(H,20,26)/t15-/m1/s1. The van der Waals surface area contributed by atoms with Crippen LogP contribution in [0.2, 0.25) is 0 Å². The second kappa shape index (κ2) is 8.73. The minimum atomic E-state index is 0.0234. The molecule has 1 aromatic heterocycles. The molecule has 1 N–H and O–H groups in total. The zero-order chi connectivity index (χ0) is 19.4. The van der Waals surface area contributed by atoms with Gasteiger partial charge in [0.15, 0.2) is 0 Å². The maximum Gasteiger partial charge on any atom is 0.319 e. The molecule has 3 amide bonds. The lowest BCUT2D eigenvalue weighted by molar-refractivity contribution is -0.122. The van der Waals surface area contributed by atoms with Gasteiger partial charge in [0.1, 0.15) is 0 Å². The third-order valence-corrected chi connectivity index (χ3v) is 5.29. The molecule has 0 spiro atoms. The molecule has 0 saturated carbocycles. The van der Waals surface area contributed by atoms with Crippen molar-refractivity contribution in [1.82, 2.24) is 29.8 Å². The van der Waals surface area contributed by atoms with E-state index in [1.54, 1.807) is 19.0 Å². The van der Waals surface area contributed by atoms with Crippen molar-refractivity contribution in [2.45, 2.75) is 45.8 Å². The Morgan fingerprint density at radius 1 is 1.26 bits per heavy atom. The van der Waals surface area contributed by atoms with Gasteiger partial charge in [-0.3, -0.25) is 14.4 Å². The first-order valence-corrected chi connectivity index (χ1v) is 9.93. The smallest absolute Gasteiger partial charge is 0.319 e. The number of nitrogens with one attached hydrogen (secondary N) is 1. The molecule has 8 heteroatoms. The van der Waals surface area contributed by atoms with Gasteiger partial charge in [0, 0.05) is 33.7 Å². The molecule has 0 unspecified atom stereocenters. The van der Waals surface area contributed by atoms with Gasteiger partial charge in [-0.05, 0) is 37.8 Å². The van der Waals surface area contributed by atoms with Crippen LogP contribution in [0.4, 0.5) is 4.79 Å². The number of carbonyl (C=O) groups excluding carboxylic acids is 2. The molecule has 3 heterocycles. The number of aromatic nitrogens is 2. The first-order valence-electron chi connectivity index (χ1n) is 9.93. The number of aryl methyl sites for hydroxylation is 1. The molecule has 0 bridgehead atoms. The van der Waals surface area contributed by atoms with Crippen LogP contribution in [0, 0.1) is 5.92 Å². The number of likely N-dealkylation sites (tertiary alicyclic amines) is 1. The Kier molecular flexibility index (Phi) is 6.36. The average Bonchev–Trinajstić information content (AvgIpc) is 2.89. The van der Waals surface area contributed by atoms with Crippen LogP contribution in [0.15, 0.2) is 6.07 Å². The summed E-state index contributed by atoms with van der Waals surface area (Å²) < 4.78 is 1.97. The minimum Gasteiger partial charge on any atom is -0.349 e. The lowest BCUT2D eigenvalue weighted by Crippen LogP contribution is -2.41. The van der Waals surface area contributed by atoms with Gasteiger partial charge in [-0.1, -0.05) is 6.92 Å². The van der Waals surface area contributed by atoms with Gasteiger partial charge in [-0.15, -0.1) is 0 Å². The van der Waals surface area contributed by atoms with Gasteiger partial charge in [0.25, 0.3) is 0 Å². The SMILES string of the molecule is C[C@@H]1CCCN(CC(=O)NCc2cc3n(n2)CCCN(C(=O)N(C)C)C3)C1. The lowest BCUT2D eigenvalue weighted by atomic mass is 10.0. The van der Waals surface area contributed by atoms with Crippen molar-refractivity contribution < 1.29 is 9.59 Å². The highest BCUT2D eigenvalue weighted by molar-refractivity contribution is 5.78. The highest BCUT2D eigenvalue weighted by Gasteiger charge is 2.22. The zero-order valence-electron chi connectivity index (χ0n) is 16.8. The van der Waals surface area contributed by atoms with Crippen LogP contribution in [0.1, 0.15) is 37.6 Å². The van der Waals surface area contributed by atoms with Gasteiger partial charge in [-0.2, -0.15) is 5.10 Å². The summed E-state index contributed by atoms with van der Waals surface area (Å²) in [6.45, 7) is 7.24. The number of nitrogens with zero attached hydrogens (tertiary/aromatic N) is 5. The summed E-state index contributed by atoms with van der Waals surface area (Å²) in [5, 5.41) is 7.61. The second-order valence-electron chi connectivity index (χ2n) is 8.06. The molecular formula is C19H32N6O2. The van der Waals surface area contributed by atoms with E-state index < -0.39 is 0 Å². The summed E-state index contributed by atoms with van der Waals surface area (Å²) in [5.41, 5.74) is 1.88. The Hall–Kier alpha value is -2.09. The Labute approximate surface area is 161 Å². The van der Waals surface area contributed by atoms with E-state index in [9.17, 15) is 9.59 Å². The molecule has 27 heavy (non-hydrogen) atoms. The summed E-state index contributed by atoms with van der Waals surface area (Å²) in [7, 11) is 3.54. The lowest BCUT2D eigenvalue weighted by Gasteiger charge is -2.30. The van der Waals surface area contributed by atoms with E-state index in [4.69, 9.17) is 0 Å². The molecule has 8 nitrogen and oxygen atoms in total. The first-order chi connectivity index (χ1) is 12.9. The third-order valence-electron chi connectivity index (χ3n) is 5.29. The molecule has 2 aliphatic rings. The van der Waals surface area contributed by atoms with E-state index in [0.29, 0.717) is 25.6 Å². The van der Waals surface area contributed by atoms with Crippen LogP contribution in [0.5, 0.6) is 0 Å². The number of urea groups is 1. The number of fused-ring (bicyclic) bond motifs is 1. The van der Waals surface area contributed by atoms with Crippen LogP contribution in [-0.2, 0) is 24.4 Å². The first kappa shape index (κ1) is 19.7. The molecule has 3 rings (SSSR count). The van der Waals surface area contributed by atoms with Crippen molar-refractivity contribution in [3.05, 3.63) is 17.5 Å². The normalized spacial score (nSPS) is 20.7. The summed E-state index contributed by atoms with van der Waals surface area (Å²) in [6, 6.07) is 2.03. The highest BCUT2D eigenvalue weighted by Crippen LogP contribution is 2.16. The Balaban J connectivity index is 1.53. The maximum atomic E-state index is 12.3. The fourth-order valence-electron chi connectivity index (χ4n) is 3.93. The van der Waals surface area contributed by atoms with Gasteiger partial charge >= 0.3 is 6.03 Å². The number of amides is 3. The van der Waals surface area contributed by atoms with Gasteiger partial charge in [0.2, 0.25) is 5.91 Å². The molecular weight excluding hydrogens is 344 g/mol. The largest absolute Gasteiger partial charge is 0.349 e. The molecule has 1 fully saturated rings. The molecule has 2 aliphatic heterocycles. The van der Waals surface area contributed by atoms with Gasteiger partial charge in [-0.25, -0.2) is 4.79 Å². The van der Waals surface area contributed by atoms with Crippen LogP contribution in [-0.4, -0.2) is 76.7 Å². The van der Waals surface area contributed by atoms with Gasteiger partial charge in [0.05, 0.1) is 31.0 Å². The predicted octanol–water partition coefficient (Wildman–Crippen LogP) is 1.12. The van der Waals surface area contributed by atoms with E-state index in [0.717, 1.165) is 44.0 Å². The number of rotatable bonds is 4. The molecule has 0 aliphatic carbocycles. The average molecular weight is 377 g/mol. The van der Waals surface area contributed by atoms with E-state index >= 15 is 0 Å². The fraction of sp³-hybridized carbons (Fsp3) is 0.737. The van der Waals surface area contributed by atoms with Crippen molar-refractivity contribution >= 4 is 11.9 Å². The predicted molar refractivity (Wildman–Crippen MR) is 103 cm³/mol. The second-order valence-corrected chi connectivity index (χ2v) is 8.06. The van der Waals surface area contributed by atoms with Crippen molar-refractivity contribution in [3.8, 4) is 0 Å². The van der Waals surface area contributed by atoms with Crippen LogP contribution in [0.3, 0.4) is 0 Å². The summed E-state index contributed by atoms with van der Waals surface area (Å²) in [4.78, 5) is 30.2. The monoisotopic (exact) mass is 376 g/mol. The van der Waals surface area contributed by atoms with Crippen LogP contribution < -0.4 is 5.32 Å². The van der Waals surface area contributed by atoms with Crippen molar-refractivity contribution in [2.24, 2.45) is 5.92 Å². The topological polar surface area (TPSA) is 73.7 Å². The zero-order valence-corrected chi connectivity index (χ0v) is 16.8. The Morgan fingerprint density at radius 3 is 2.81 bits per heavy atom. The quantitative estimate of drug-likeness (QED) is 0.855. The highest BCUT2D eigenvalue weighted by atomic mass is 16.2. The third kappa shape index (κ3) is 5.22. The minimum absolute atomic E-state index is 0.0234. The number of piperidine rings is 1. The summed E-state index contributed by atoms with van der Waals surface area (Å²) in [5.74, 6) is 0.722. The fourth-order valence-corrected chi connectivity index (χ4v) is 3.93. The van der Waals surface area contributed by atoms with Crippen LogP contribution >= 0.6 is 0 Å². The van der Waals surface area contributed by atoms with E-state index in [1.165, 1.54) is 12.8 Å². The maximum absolute atomic E-state index is 12.3. The Bertz CT molecular complexity index is 671. The van der Waals surface area contributed by atoms with E-state index in [1.807, 2.05) is 15.6 Å². The molecule has 0 radical (unpaired) electrons. The van der Waals surface area contributed by atoms with Crippen molar-refractivity contribution in [1.29, 1.82) is 0 Å². The van der Waals surface area contributed by atoms with Crippen molar-refractivity contribution in [2.75, 3.05) is 40.3 Å². The Morgan fingerprint density at radius 2 is 2.07 bits per heavy atom. The van der Waals surface area contributed by atoms with Gasteiger partial charge < -0.3 is 15.1 Å². The molecule has 1 saturated heterocycles. The van der Waals surface area contributed by atoms with Crippen LogP contribution in [0.25, 0.3) is 0 Å².